The van der Waals surface area contributed by atoms with Crippen molar-refractivity contribution in [2.45, 2.75) is 47.1 Å². The second-order valence-corrected chi connectivity index (χ2v) is 10.8. The van der Waals surface area contributed by atoms with Crippen molar-refractivity contribution in [3.63, 3.8) is 0 Å². The normalized spacial score (nSPS) is 10.9. The van der Waals surface area contributed by atoms with Gasteiger partial charge in [-0.1, -0.05) is 50.2 Å². The molecular weight excluding hydrogens is 635 g/mol. The van der Waals surface area contributed by atoms with E-state index in [2.05, 4.69) is 57.6 Å². The highest BCUT2D eigenvalue weighted by atomic mass is 127. The zero-order valence-electron chi connectivity index (χ0n) is 23.8. The van der Waals surface area contributed by atoms with Crippen LogP contribution in [0.25, 0.3) is 0 Å². The van der Waals surface area contributed by atoms with Crippen molar-refractivity contribution < 1.29 is 23.9 Å². The number of aryl methyl sites for hydroxylation is 1. The minimum absolute atomic E-state index is 0.204. The second kappa shape index (κ2) is 15.2. The van der Waals surface area contributed by atoms with E-state index in [9.17, 15) is 14.4 Å². The Morgan fingerprint density at radius 2 is 1.73 bits per heavy atom. The molecule has 3 aromatic rings. The third-order valence-corrected chi connectivity index (χ3v) is 7.04. The molecule has 0 spiro atoms. The molecule has 0 aromatic heterocycles. The van der Waals surface area contributed by atoms with E-state index in [4.69, 9.17) is 9.47 Å². The molecule has 0 bridgehead atoms. The summed E-state index contributed by atoms with van der Waals surface area (Å²) in [7, 11) is 0. The van der Waals surface area contributed by atoms with Crippen LogP contribution in [0.3, 0.4) is 0 Å². The molecule has 216 valence electrons. The summed E-state index contributed by atoms with van der Waals surface area (Å²) in [5.74, 6) is -0.703. The van der Waals surface area contributed by atoms with Crippen LogP contribution in [0.2, 0.25) is 0 Å². The number of carbonyl (C=O) groups is 3. The second-order valence-electron chi connectivity index (χ2n) is 9.63. The van der Waals surface area contributed by atoms with Crippen molar-refractivity contribution in [1.29, 1.82) is 0 Å². The molecule has 0 radical (unpaired) electrons. The van der Waals surface area contributed by atoms with E-state index < -0.39 is 11.8 Å². The predicted octanol–water partition coefficient (Wildman–Crippen LogP) is 5.21. The summed E-state index contributed by atoms with van der Waals surface area (Å²) in [6.45, 7) is 10.4. The average molecular weight is 671 g/mol. The zero-order valence-corrected chi connectivity index (χ0v) is 26.0. The fourth-order valence-electron chi connectivity index (χ4n) is 3.78. The molecule has 3 N–H and O–H groups in total. The number of hydrogen-bond donors (Lipinski definition) is 3. The van der Waals surface area contributed by atoms with E-state index in [1.807, 2.05) is 63.2 Å². The van der Waals surface area contributed by atoms with Gasteiger partial charge < -0.3 is 20.1 Å². The Hall–Kier alpha value is -3.93. The molecule has 0 aliphatic rings. The maximum Gasteiger partial charge on any atom is 0.329 e. The van der Waals surface area contributed by atoms with Gasteiger partial charge >= 0.3 is 11.8 Å². The van der Waals surface area contributed by atoms with Gasteiger partial charge in [0.1, 0.15) is 0 Å². The molecular formula is C31H35IN4O5. The van der Waals surface area contributed by atoms with Crippen LogP contribution in [0.15, 0.2) is 59.7 Å². The lowest BCUT2D eigenvalue weighted by Gasteiger charge is -2.15. The fourth-order valence-corrected chi connectivity index (χ4v) is 4.56. The molecule has 10 heteroatoms. The monoisotopic (exact) mass is 670 g/mol. The Morgan fingerprint density at radius 1 is 1.00 bits per heavy atom. The molecule has 0 unspecified atom stereocenters. The van der Waals surface area contributed by atoms with Crippen molar-refractivity contribution in [2.24, 2.45) is 5.10 Å². The summed E-state index contributed by atoms with van der Waals surface area (Å²) in [6, 6.07) is 17.0. The Kier molecular flexibility index (Phi) is 11.7. The molecule has 0 saturated heterocycles. The number of rotatable bonds is 11. The number of nitrogens with zero attached hydrogens (tertiary/aromatic N) is 1. The summed E-state index contributed by atoms with van der Waals surface area (Å²) in [5.41, 5.74) is 7.75. The van der Waals surface area contributed by atoms with Crippen LogP contribution < -0.4 is 25.5 Å². The van der Waals surface area contributed by atoms with Crippen LogP contribution in [-0.4, -0.2) is 37.1 Å². The number of benzene rings is 3. The number of anilines is 1. The maximum atomic E-state index is 12.5. The summed E-state index contributed by atoms with van der Waals surface area (Å²) < 4.78 is 12.2. The number of carbonyl (C=O) groups excluding carboxylic acids is 3. The third-order valence-electron chi connectivity index (χ3n) is 6.24. The van der Waals surface area contributed by atoms with E-state index in [1.54, 1.807) is 12.1 Å². The lowest BCUT2D eigenvalue weighted by molar-refractivity contribution is -0.139. The van der Waals surface area contributed by atoms with Crippen LogP contribution in [0.1, 0.15) is 54.5 Å². The largest absolute Gasteiger partial charge is 0.490 e. The molecule has 0 heterocycles. The first-order valence-electron chi connectivity index (χ1n) is 13.2. The molecule has 0 atom stereocenters. The third kappa shape index (κ3) is 9.31. The zero-order chi connectivity index (χ0) is 29.9. The van der Waals surface area contributed by atoms with E-state index in [0.29, 0.717) is 33.2 Å². The van der Waals surface area contributed by atoms with E-state index in [-0.39, 0.29) is 19.1 Å². The lowest BCUT2D eigenvalue weighted by Crippen LogP contribution is -2.37. The van der Waals surface area contributed by atoms with Gasteiger partial charge in [-0.05, 0) is 95.3 Å². The highest BCUT2D eigenvalue weighted by Crippen LogP contribution is 2.34. The van der Waals surface area contributed by atoms with Crippen LogP contribution in [-0.2, 0) is 20.9 Å². The summed E-state index contributed by atoms with van der Waals surface area (Å²) in [6.07, 6.45) is 1.40. The van der Waals surface area contributed by atoms with Gasteiger partial charge in [-0.3, -0.25) is 14.4 Å². The minimum atomic E-state index is -0.880. The number of amides is 3. The van der Waals surface area contributed by atoms with E-state index >= 15 is 0 Å². The molecule has 9 nitrogen and oxygen atoms in total. The van der Waals surface area contributed by atoms with Gasteiger partial charge in [0, 0.05) is 12.2 Å². The molecule has 0 aliphatic carbocycles. The molecule has 41 heavy (non-hydrogen) atoms. The topological polar surface area (TPSA) is 118 Å². The Balaban J connectivity index is 1.57. The van der Waals surface area contributed by atoms with Gasteiger partial charge in [0.2, 0.25) is 0 Å². The van der Waals surface area contributed by atoms with Crippen molar-refractivity contribution in [3.05, 3.63) is 86.0 Å². The summed E-state index contributed by atoms with van der Waals surface area (Å²) in [5, 5.41) is 9.37. The SMILES string of the molecule is CCOc1cc(/C=N\NC(=O)C(=O)NCc2ccc(C(C)C)cc2)cc(I)c1OCC(=O)Nc1cccc(C)c1C. The lowest BCUT2D eigenvalue weighted by atomic mass is 10.0. The summed E-state index contributed by atoms with van der Waals surface area (Å²) >= 11 is 2.08. The maximum absolute atomic E-state index is 12.5. The number of nitrogens with one attached hydrogen (secondary N) is 3. The number of halogens is 1. The van der Waals surface area contributed by atoms with Gasteiger partial charge in [0.25, 0.3) is 5.91 Å². The van der Waals surface area contributed by atoms with Gasteiger partial charge in [-0.25, -0.2) is 5.43 Å². The number of hydrazone groups is 1. The molecule has 0 saturated carbocycles. The van der Waals surface area contributed by atoms with E-state index in [0.717, 1.165) is 22.4 Å². The molecule has 3 rings (SSSR count). The Bertz CT molecular complexity index is 1420. The molecule has 3 amide bonds. The highest BCUT2D eigenvalue weighted by molar-refractivity contribution is 14.1. The highest BCUT2D eigenvalue weighted by Gasteiger charge is 2.15. The van der Waals surface area contributed by atoms with E-state index in [1.165, 1.54) is 11.8 Å². The minimum Gasteiger partial charge on any atom is -0.490 e. The van der Waals surface area contributed by atoms with Gasteiger partial charge in [0.15, 0.2) is 18.1 Å². The van der Waals surface area contributed by atoms with Crippen LogP contribution in [0, 0.1) is 17.4 Å². The van der Waals surface area contributed by atoms with Crippen LogP contribution >= 0.6 is 22.6 Å². The smallest absolute Gasteiger partial charge is 0.329 e. The van der Waals surface area contributed by atoms with Crippen LogP contribution in [0.4, 0.5) is 5.69 Å². The number of ether oxygens (including phenoxy) is 2. The van der Waals surface area contributed by atoms with Gasteiger partial charge in [0.05, 0.1) is 16.4 Å². The Labute approximate surface area is 254 Å². The van der Waals surface area contributed by atoms with Gasteiger partial charge in [-0.2, -0.15) is 5.10 Å². The first-order valence-corrected chi connectivity index (χ1v) is 14.3. The molecule has 3 aromatic carbocycles. The quantitative estimate of drug-likeness (QED) is 0.112. The standard InChI is InChI=1S/C31H35IN4O5/c1-6-40-27-15-23(14-25(32)29(27)41-18-28(37)35-26-9-7-8-20(4)21(26)5)17-34-36-31(39)30(38)33-16-22-10-12-24(13-11-22)19(2)3/h7-15,17,19H,6,16,18H2,1-5H3,(H,33,38)(H,35,37)(H,36,39)/b34-17-. The first-order chi connectivity index (χ1) is 19.6. The number of hydrogen-bond acceptors (Lipinski definition) is 6. The summed E-state index contributed by atoms with van der Waals surface area (Å²) in [4.78, 5) is 36.9. The van der Waals surface area contributed by atoms with Crippen LogP contribution in [0.5, 0.6) is 11.5 Å². The van der Waals surface area contributed by atoms with Crippen molar-refractivity contribution in [2.75, 3.05) is 18.5 Å². The molecule has 0 aliphatic heterocycles. The van der Waals surface area contributed by atoms with Crippen molar-refractivity contribution in [3.8, 4) is 11.5 Å². The Morgan fingerprint density at radius 3 is 2.41 bits per heavy atom. The fraction of sp³-hybridized carbons (Fsp3) is 0.290. The van der Waals surface area contributed by atoms with Gasteiger partial charge in [-0.15, -0.1) is 0 Å². The predicted molar refractivity (Wildman–Crippen MR) is 168 cm³/mol. The first kappa shape index (κ1) is 31.6. The molecule has 0 fully saturated rings. The van der Waals surface area contributed by atoms with Crippen molar-refractivity contribution in [1.82, 2.24) is 10.7 Å². The average Bonchev–Trinajstić information content (AvgIpc) is 2.94. The van der Waals surface area contributed by atoms with Crippen molar-refractivity contribution >= 4 is 52.2 Å².